The minimum atomic E-state index is -0.426. The van der Waals surface area contributed by atoms with Gasteiger partial charge in [-0.1, -0.05) is 29.8 Å². The molecule has 146 valence electrons. The zero-order chi connectivity index (χ0) is 20.1. The first-order chi connectivity index (χ1) is 14.0. The number of hydrogen-bond donors (Lipinski definition) is 2. The van der Waals surface area contributed by atoms with Gasteiger partial charge in [0.2, 0.25) is 5.91 Å². The Kier molecular flexibility index (Phi) is 4.29. The lowest BCUT2D eigenvalue weighted by atomic mass is 10.1. The van der Waals surface area contributed by atoms with E-state index >= 15 is 0 Å². The molecule has 29 heavy (non-hydrogen) atoms. The number of rotatable bonds is 2. The zero-order valence-electron chi connectivity index (χ0n) is 15.2. The van der Waals surface area contributed by atoms with Crippen LogP contribution < -0.4 is 10.6 Å². The van der Waals surface area contributed by atoms with Gasteiger partial charge in [-0.3, -0.25) is 14.4 Å². The first kappa shape index (κ1) is 18.1. The average Bonchev–Trinajstić information content (AvgIpc) is 3.32. The lowest BCUT2D eigenvalue weighted by molar-refractivity contribution is -0.119. The minimum absolute atomic E-state index is 0.163. The maximum Gasteiger partial charge on any atom is 0.267 e. The fraction of sp³-hybridized carbons (Fsp3) is 0.190. The number of carbonyl (C=O) groups is 3. The number of carbonyl (C=O) groups excluding carboxylic acids is 3. The van der Waals surface area contributed by atoms with Crippen LogP contribution in [0.5, 0.6) is 0 Å². The third-order valence-electron chi connectivity index (χ3n) is 5.32. The van der Waals surface area contributed by atoms with Crippen molar-refractivity contribution >= 4 is 62.1 Å². The molecule has 2 aromatic carbocycles. The van der Waals surface area contributed by atoms with Crippen molar-refractivity contribution in [3.8, 4) is 0 Å². The van der Waals surface area contributed by atoms with Crippen molar-refractivity contribution in [1.82, 2.24) is 4.90 Å². The maximum absolute atomic E-state index is 12.9. The molecule has 0 aliphatic carbocycles. The van der Waals surface area contributed by atoms with E-state index in [1.165, 1.54) is 11.3 Å². The van der Waals surface area contributed by atoms with Gasteiger partial charge in [-0.2, -0.15) is 0 Å². The molecule has 2 N–H and O–H groups in total. The van der Waals surface area contributed by atoms with Crippen LogP contribution in [0, 0.1) is 0 Å². The lowest BCUT2D eigenvalue weighted by Crippen LogP contribution is -2.40. The highest BCUT2D eigenvalue weighted by atomic mass is 35.5. The second-order valence-corrected chi connectivity index (χ2v) is 8.53. The molecule has 0 radical (unpaired) electrons. The van der Waals surface area contributed by atoms with Crippen LogP contribution in [0.1, 0.15) is 32.9 Å². The quantitative estimate of drug-likeness (QED) is 0.640. The van der Waals surface area contributed by atoms with Crippen LogP contribution in [0.2, 0.25) is 5.02 Å². The summed E-state index contributed by atoms with van der Waals surface area (Å²) in [5.74, 6) is -0.694. The minimum Gasteiger partial charge on any atom is -0.327 e. The van der Waals surface area contributed by atoms with Crippen molar-refractivity contribution in [3.05, 3.63) is 57.9 Å². The van der Waals surface area contributed by atoms with E-state index in [1.54, 1.807) is 23.1 Å². The molecule has 3 aromatic rings. The van der Waals surface area contributed by atoms with E-state index in [9.17, 15) is 14.4 Å². The number of benzene rings is 2. The van der Waals surface area contributed by atoms with Crippen molar-refractivity contribution < 1.29 is 14.4 Å². The molecule has 2 aliphatic heterocycles. The highest BCUT2D eigenvalue weighted by molar-refractivity contribution is 7.21. The molecular weight excluding hydrogens is 410 g/mol. The molecule has 8 heteroatoms. The van der Waals surface area contributed by atoms with Crippen LogP contribution in [-0.2, 0) is 4.79 Å². The molecule has 1 atom stereocenters. The standard InChI is InChI=1S/C21H16ClN3O3S/c22-17-12-4-1-2-6-16(12)29-18(17)20(27)23-11-7-8-14-13(10-11)21(28)25-9-3-5-15(25)19(26)24-14/h1-2,4,6-8,10,15H,3,5,9H2,(H,23,27)(H,24,26)/t15-/m0/s1. The number of thiophene rings is 1. The predicted octanol–water partition coefficient (Wildman–Crippen LogP) is 4.36. The first-order valence-electron chi connectivity index (χ1n) is 9.27. The molecule has 2 aliphatic rings. The molecule has 5 rings (SSSR count). The maximum atomic E-state index is 12.9. The molecule has 3 amide bonds. The fourth-order valence-electron chi connectivity index (χ4n) is 3.91. The topological polar surface area (TPSA) is 78.5 Å². The van der Waals surface area contributed by atoms with Gasteiger partial charge in [0.15, 0.2) is 0 Å². The molecule has 3 heterocycles. The molecule has 6 nitrogen and oxygen atoms in total. The van der Waals surface area contributed by atoms with E-state index < -0.39 is 6.04 Å². The Balaban J connectivity index is 1.46. The fourth-order valence-corrected chi connectivity index (χ4v) is 5.32. The van der Waals surface area contributed by atoms with Crippen molar-refractivity contribution in [2.24, 2.45) is 0 Å². The molecular formula is C21H16ClN3O3S. The van der Waals surface area contributed by atoms with Gasteiger partial charge in [0.05, 0.1) is 16.3 Å². The van der Waals surface area contributed by atoms with Crippen LogP contribution in [0.3, 0.4) is 0 Å². The normalized spacial score (nSPS) is 18.2. The summed E-state index contributed by atoms with van der Waals surface area (Å²) < 4.78 is 0.933. The van der Waals surface area contributed by atoms with Crippen LogP contribution >= 0.6 is 22.9 Å². The van der Waals surface area contributed by atoms with E-state index in [-0.39, 0.29) is 17.7 Å². The summed E-state index contributed by atoms with van der Waals surface area (Å²) >= 11 is 7.72. The van der Waals surface area contributed by atoms with Crippen molar-refractivity contribution in [1.29, 1.82) is 0 Å². The Morgan fingerprint density at radius 2 is 2.03 bits per heavy atom. The van der Waals surface area contributed by atoms with Crippen LogP contribution in [-0.4, -0.2) is 35.2 Å². The Bertz CT molecular complexity index is 1190. The van der Waals surface area contributed by atoms with Gasteiger partial charge in [0.25, 0.3) is 11.8 Å². The third kappa shape index (κ3) is 2.97. The van der Waals surface area contributed by atoms with Gasteiger partial charge >= 0.3 is 0 Å². The highest BCUT2D eigenvalue weighted by Crippen LogP contribution is 2.36. The van der Waals surface area contributed by atoms with Gasteiger partial charge in [-0.25, -0.2) is 0 Å². The van der Waals surface area contributed by atoms with Gasteiger partial charge in [0, 0.05) is 22.3 Å². The van der Waals surface area contributed by atoms with E-state index in [0.29, 0.717) is 39.8 Å². The van der Waals surface area contributed by atoms with Crippen LogP contribution in [0.25, 0.3) is 10.1 Å². The summed E-state index contributed by atoms with van der Waals surface area (Å²) in [4.78, 5) is 40.2. The Labute approximate surface area is 175 Å². The van der Waals surface area contributed by atoms with Gasteiger partial charge < -0.3 is 15.5 Å². The number of halogens is 1. The van der Waals surface area contributed by atoms with E-state index in [1.807, 2.05) is 24.3 Å². The Morgan fingerprint density at radius 1 is 1.21 bits per heavy atom. The number of amides is 3. The number of anilines is 2. The molecule has 1 saturated heterocycles. The monoisotopic (exact) mass is 425 g/mol. The summed E-state index contributed by atoms with van der Waals surface area (Å²) in [5, 5.41) is 6.91. The molecule has 1 fully saturated rings. The number of hydrogen-bond acceptors (Lipinski definition) is 4. The number of nitrogens with zero attached hydrogens (tertiary/aromatic N) is 1. The summed E-state index contributed by atoms with van der Waals surface area (Å²) in [6, 6.07) is 12.1. The summed E-state index contributed by atoms with van der Waals surface area (Å²) in [6.45, 7) is 0.560. The molecule has 0 bridgehead atoms. The zero-order valence-corrected chi connectivity index (χ0v) is 16.8. The van der Waals surface area contributed by atoms with Gasteiger partial charge in [-0.15, -0.1) is 11.3 Å². The van der Waals surface area contributed by atoms with Crippen molar-refractivity contribution in [2.45, 2.75) is 18.9 Å². The van der Waals surface area contributed by atoms with Crippen LogP contribution in [0.4, 0.5) is 11.4 Å². The first-order valence-corrected chi connectivity index (χ1v) is 10.5. The summed E-state index contributed by atoms with van der Waals surface area (Å²) in [7, 11) is 0. The second-order valence-electron chi connectivity index (χ2n) is 7.10. The van der Waals surface area contributed by atoms with Gasteiger partial charge in [-0.05, 0) is 37.1 Å². The van der Waals surface area contributed by atoms with E-state index in [2.05, 4.69) is 10.6 Å². The Hall–Kier alpha value is -2.90. The Morgan fingerprint density at radius 3 is 2.86 bits per heavy atom. The average molecular weight is 426 g/mol. The SMILES string of the molecule is O=C(Nc1ccc2c(c1)C(=O)N1CCC[C@H]1C(=O)N2)c1sc2ccccc2c1Cl. The summed E-state index contributed by atoms with van der Waals surface area (Å²) in [6.07, 6.45) is 1.47. The number of fused-ring (bicyclic) bond motifs is 3. The third-order valence-corrected chi connectivity index (χ3v) is 7.00. The highest BCUT2D eigenvalue weighted by Gasteiger charge is 2.38. The largest absolute Gasteiger partial charge is 0.327 e. The van der Waals surface area contributed by atoms with Crippen molar-refractivity contribution in [2.75, 3.05) is 17.2 Å². The molecule has 0 unspecified atom stereocenters. The molecule has 0 spiro atoms. The smallest absolute Gasteiger partial charge is 0.267 e. The lowest BCUT2D eigenvalue weighted by Gasteiger charge is -2.20. The molecule has 1 aromatic heterocycles. The van der Waals surface area contributed by atoms with Crippen LogP contribution in [0.15, 0.2) is 42.5 Å². The summed E-state index contributed by atoms with van der Waals surface area (Å²) in [5.41, 5.74) is 1.32. The van der Waals surface area contributed by atoms with Gasteiger partial charge in [0.1, 0.15) is 10.9 Å². The van der Waals surface area contributed by atoms with E-state index in [4.69, 9.17) is 11.6 Å². The van der Waals surface area contributed by atoms with E-state index in [0.717, 1.165) is 16.5 Å². The van der Waals surface area contributed by atoms with Crippen molar-refractivity contribution in [3.63, 3.8) is 0 Å². The molecule has 0 saturated carbocycles. The second kappa shape index (κ2) is 6.86. The predicted molar refractivity (Wildman–Crippen MR) is 114 cm³/mol. The number of nitrogens with one attached hydrogen (secondary N) is 2.